The van der Waals surface area contributed by atoms with E-state index in [9.17, 15) is 0 Å². The fraction of sp³-hybridized carbons (Fsp3) is 0.538. The van der Waals surface area contributed by atoms with Gasteiger partial charge in [-0.1, -0.05) is 50.5 Å². The maximum absolute atomic E-state index is 8.94. The van der Waals surface area contributed by atoms with E-state index in [1.54, 1.807) is 12.1 Å². The molecule has 1 aromatic carbocycles. The van der Waals surface area contributed by atoms with Crippen molar-refractivity contribution in [1.29, 1.82) is 0 Å². The molecule has 0 spiro atoms. The lowest BCUT2D eigenvalue weighted by molar-refractivity contribution is 0.117. The van der Waals surface area contributed by atoms with E-state index in [-0.39, 0.29) is 0 Å². The molecular weight excluding hydrogens is 215 g/mol. The van der Waals surface area contributed by atoms with Crippen molar-refractivity contribution in [2.45, 2.75) is 39.2 Å². The van der Waals surface area contributed by atoms with Gasteiger partial charge in [0.1, 0.15) is 0 Å². The van der Waals surface area contributed by atoms with Crippen LogP contribution >= 0.6 is 0 Å². The van der Waals surface area contributed by atoms with Crippen LogP contribution in [0, 0.1) is 0 Å². The monoisotopic (exact) mass is 236 g/mol. The van der Waals surface area contributed by atoms with E-state index in [2.05, 4.69) is 6.92 Å². The predicted octanol–water partition coefficient (Wildman–Crippen LogP) is 1.46. The highest BCUT2D eigenvalue weighted by atomic mass is 16.5. The standard InChI is InChI=1S/C13H21BO3/c1-2-3-4-5-10-17-11-12-6-8-13(9-7-12)14(15)16/h6-9,15-16H,2-5,10-11H2,1H3. The van der Waals surface area contributed by atoms with Gasteiger partial charge in [0.05, 0.1) is 6.61 Å². The van der Waals surface area contributed by atoms with Crippen LogP contribution < -0.4 is 5.46 Å². The molecule has 0 heterocycles. The molecule has 0 saturated heterocycles. The van der Waals surface area contributed by atoms with E-state index in [4.69, 9.17) is 14.8 Å². The molecular formula is C13H21BO3. The van der Waals surface area contributed by atoms with Crippen molar-refractivity contribution in [2.75, 3.05) is 6.61 Å². The van der Waals surface area contributed by atoms with Gasteiger partial charge in [-0.25, -0.2) is 0 Å². The molecule has 0 saturated carbocycles. The van der Waals surface area contributed by atoms with Gasteiger partial charge in [0.25, 0.3) is 0 Å². The van der Waals surface area contributed by atoms with Crippen LogP contribution in [-0.2, 0) is 11.3 Å². The highest BCUT2D eigenvalue weighted by molar-refractivity contribution is 6.58. The van der Waals surface area contributed by atoms with Gasteiger partial charge in [-0.3, -0.25) is 0 Å². The van der Waals surface area contributed by atoms with E-state index < -0.39 is 7.12 Å². The summed E-state index contributed by atoms with van der Waals surface area (Å²) in [6.07, 6.45) is 4.85. The molecule has 94 valence electrons. The quantitative estimate of drug-likeness (QED) is 0.530. The van der Waals surface area contributed by atoms with Gasteiger partial charge in [0.15, 0.2) is 0 Å². The SMILES string of the molecule is CCCCCCOCc1ccc(B(O)O)cc1. The zero-order valence-corrected chi connectivity index (χ0v) is 10.4. The smallest absolute Gasteiger partial charge is 0.423 e. The van der Waals surface area contributed by atoms with E-state index in [1.165, 1.54) is 19.3 Å². The summed E-state index contributed by atoms with van der Waals surface area (Å²) < 4.78 is 5.54. The zero-order valence-electron chi connectivity index (χ0n) is 10.4. The fourth-order valence-electron chi connectivity index (χ4n) is 1.61. The molecule has 0 atom stereocenters. The van der Waals surface area contributed by atoms with E-state index in [0.29, 0.717) is 12.1 Å². The van der Waals surface area contributed by atoms with Crippen molar-refractivity contribution in [3.63, 3.8) is 0 Å². The Labute approximate surface area is 104 Å². The number of ether oxygens (including phenoxy) is 1. The molecule has 0 amide bonds. The Balaban J connectivity index is 2.19. The average molecular weight is 236 g/mol. The number of benzene rings is 1. The molecule has 1 rings (SSSR count). The number of unbranched alkanes of at least 4 members (excludes halogenated alkanes) is 3. The maximum Gasteiger partial charge on any atom is 0.488 e. The highest BCUT2D eigenvalue weighted by Gasteiger charge is 2.09. The van der Waals surface area contributed by atoms with E-state index in [1.807, 2.05) is 12.1 Å². The molecule has 1 aromatic rings. The van der Waals surface area contributed by atoms with Crippen LogP contribution in [0.3, 0.4) is 0 Å². The van der Waals surface area contributed by atoms with Gasteiger partial charge in [-0.15, -0.1) is 0 Å². The molecule has 17 heavy (non-hydrogen) atoms. The predicted molar refractivity (Wildman–Crippen MR) is 70.1 cm³/mol. The zero-order chi connectivity index (χ0) is 12.5. The molecule has 4 heteroatoms. The van der Waals surface area contributed by atoms with Crippen molar-refractivity contribution in [2.24, 2.45) is 0 Å². The highest BCUT2D eigenvalue weighted by Crippen LogP contribution is 2.03. The fourth-order valence-corrected chi connectivity index (χ4v) is 1.61. The Hall–Kier alpha value is -0.835. The topological polar surface area (TPSA) is 49.7 Å². The summed E-state index contributed by atoms with van der Waals surface area (Å²) in [5, 5.41) is 17.9. The van der Waals surface area contributed by atoms with Gasteiger partial charge >= 0.3 is 7.12 Å². The van der Waals surface area contributed by atoms with E-state index in [0.717, 1.165) is 18.6 Å². The largest absolute Gasteiger partial charge is 0.488 e. The average Bonchev–Trinajstić information content (AvgIpc) is 2.34. The first kappa shape index (κ1) is 14.2. The van der Waals surface area contributed by atoms with Gasteiger partial charge < -0.3 is 14.8 Å². The van der Waals surface area contributed by atoms with Gasteiger partial charge in [0.2, 0.25) is 0 Å². The van der Waals surface area contributed by atoms with Gasteiger partial charge in [-0.2, -0.15) is 0 Å². The Kier molecular flexibility index (Phi) is 6.93. The molecule has 0 bridgehead atoms. The minimum atomic E-state index is -1.39. The third-order valence-corrected chi connectivity index (χ3v) is 2.69. The van der Waals surface area contributed by atoms with Gasteiger partial charge in [-0.05, 0) is 17.4 Å². The minimum absolute atomic E-state index is 0.511. The van der Waals surface area contributed by atoms with Crippen molar-refractivity contribution in [3.8, 4) is 0 Å². The lowest BCUT2D eigenvalue weighted by Crippen LogP contribution is -2.29. The summed E-state index contributed by atoms with van der Waals surface area (Å²) in [5.74, 6) is 0. The molecule has 0 fully saturated rings. The third-order valence-electron chi connectivity index (χ3n) is 2.69. The molecule has 0 aliphatic rings. The molecule has 0 aromatic heterocycles. The van der Waals surface area contributed by atoms with Crippen LogP contribution in [0.4, 0.5) is 0 Å². The Morgan fingerprint density at radius 1 is 1.06 bits per heavy atom. The first-order valence-corrected chi connectivity index (χ1v) is 6.26. The van der Waals surface area contributed by atoms with Crippen LogP contribution in [0.15, 0.2) is 24.3 Å². The van der Waals surface area contributed by atoms with Crippen molar-refractivity contribution in [1.82, 2.24) is 0 Å². The van der Waals surface area contributed by atoms with Gasteiger partial charge in [0, 0.05) is 6.61 Å². The summed E-state index contributed by atoms with van der Waals surface area (Å²) in [7, 11) is -1.39. The van der Waals surface area contributed by atoms with E-state index >= 15 is 0 Å². The second-order valence-electron chi connectivity index (χ2n) is 4.23. The Morgan fingerprint density at radius 2 is 1.76 bits per heavy atom. The normalized spacial score (nSPS) is 10.5. The third kappa shape index (κ3) is 5.87. The first-order chi connectivity index (χ1) is 8.24. The first-order valence-electron chi connectivity index (χ1n) is 6.26. The second kappa shape index (κ2) is 8.28. The molecule has 0 aliphatic heterocycles. The number of hydrogen-bond acceptors (Lipinski definition) is 3. The van der Waals surface area contributed by atoms with Crippen LogP contribution in [-0.4, -0.2) is 23.8 Å². The summed E-state index contributed by atoms with van der Waals surface area (Å²) in [6.45, 7) is 3.58. The van der Waals surface area contributed by atoms with Crippen LogP contribution in [0.2, 0.25) is 0 Å². The Morgan fingerprint density at radius 3 is 2.35 bits per heavy atom. The summed E-state index contributed by atoms with van der Waals surface area (Å²) >= 11 is 0. The van der Waals surface area contributed by atoms with Crippen molar-refractivity contribution < 1.29 is 14.8 Å². The van der Waals surface area contributed by atoms with Crippen molar-refractivity contribution >= 4 is 12.6 Å². The van der Waals surface area contributed by atoms with Crippen molar-refractivity contribution in [3.05, 3.63) is 29.8 Å². The Bertz CT molecular complexity index is 298. The lowest BCUT2D eigenvalue weighted by Gasteiger charge is -2.05. The molecule has 0 unspecified atom stereocenters. The number of rotatable bonds is 8. The molecule has 0 aliphatic carbocycles. The van der Waals surface area contributed by atoms with Crippen LogP contribution in [0.1, 0.15) is 38.2 Å². The molecule has 2 N–H and O–H groups in total. The minimum Gasteiger partial charge on any atom is -0.423 e. The molecule has 3 nitrogen and oxygen atoms in total. The summed E-state index contributed by atoms with van der Waals surface area (Å²) in [6, 6.07) is 7.14. The second-order valence-corrected chi connectivity index (χ2v) is 4.23. The maximum atomic E-state index is 8.94. The lowest BCUT2D eigenvalue weighted by atomic mass is 9.80. The van der Waals surface area contributed by atoms with Crippen LogP contribution in [0.5, 0.6) is 0 Å². The summed E-state index contributed by atoms with van der Waals surface area (Å²) in [4.78, 5) is 0. The van der Waals surface area contributed by atoms with Crippen LogP contribution in [0.25, 0.3) is 0 Å². The number of hydrogen-bond donors (Lipinski definition) is 2. The molecule has 0 radical (unpaired) electrons. The summed E-state index contributed by atoms with van der Waals surface area (Å²) in [5.41, 5.74) is 1.57.